The normalized spacial score (nSPS) is 17.8. The molecule has 0 saturated carbocycles. The maximum Gasteiger partial charge on any atom is 0.342 e. The topological polar surface area (TPSA) is 46.5 Å². The van der Waals surface area contributed by atoms with Gasteiger partial charge in [0.2, 0.25) is 0 Å². The first-order chi connectivity index (χ1) is 9.74. The van der Waals surface area contributed by atoms with E-state index in [1.807, 2.05) is 48.6 Å². The van der Waals surface area contributed by atoms with Gasteiger partial charge in [-0.05, 0) is 23.3 Å². The Morgan fingerprint density at radius 1 is 1.10 bits per heavy atom. The molecule has 1 atom stereocenters. The zero-order chi connectivity index (χ0) is 13.9. The second-order valence-electron chi connectivity index (χ2n) is 4.73. The third-order valence-electron chi connectivity index (χ3n) is 3.32. The van der Waals surface area contributed by atoms with Crippen LogP contribution in [0.1, 0.15) is 21.5 Å². The van der Waals surface area contributed by atoms with Crippen LogP contribution in [0.3, 0.4) is 0 Å². The van der Waals surface area contributed by atoms with Crippen LogP contribution in [0.2, 0.25) is 0 Å². The van der Waals surface area contributed by atoms with Gasteiger partial charge in [-0.1, -0.05) is 48.5 Å². The van der Waals surface area contributed by atoms with Gasteiger partial charge in [0.05, 0.1) is 0 Å². The van der Waals surface area contributed by atoms with E-state index >= 15 is 0 Å². The molecule has 3 nitrogen and oxygen atoms in total. The number of benzene rings is 2. The van der Waals surface area contributed by atoms with Gasteiger partial charge in [0, 0.05) is 6.42 Å². The van der Waals surface area contributed by atoms with Gasteiger partial charge in [0.25, 0.3) is 0 Å². The number of rotatable bonds is 2. The van der Waals surface area contributed by atoms with Gasteiger partial charge >= 0.3 is 5.97 Å². The Balaban J connectivity index is 1.82. The van der Waals surface area contributed by atoms with Crippen molar-refractivity contribution in [3.63, 3.8) is 0 Å². The van der Waals surface area contributed by atoms with E-state index in [4.69, 9.17) is 4.74 Å². The lowest BCUT2D eigenvalue weighted by atomic mass is 9.97. The Kier molecular flexibility index (Phi) is 3.25. The molecular formula is C17H14O3. The molecule has 3 rings (SSSR count). The van der Waals surface area contributed by atoms with Crippen molar-refractivity contribution >= 4 is 12.0 Å². The van der Waals surface area contributed by atoms with Crippen molar-refractivity contribution in [1.29, 1.82) is 0 Å². The quantitative estimate of drug-likeness (QED) is 0.849. The maximum absolute atomic E-state index is 11.9. The van der Waals surface area contributed by atoms with Crippen molar-refractivity contribution in [1.82, 2.24) is 0 Å². The van der Waals surface area contributed by atoms with E-state index in [-0.39, 0.29) is 17.4 Å². The highest BCUT2D eigenvalue weighted by Gasteiger charge is 2.27. The van der Waals surface area contributed by atoms with Crippen molar-refractivity contribution in [2.75, 3.05) is 0 Å². The molecule has 1 heterocycles. The molecule has 3 heteroatoms. The summed E-state index contributed by atoms with van der Waals surface area (Å²) in [6.45, 7) is 0. The number of carbonyl (C=O) groups excluding carboxylic acids is 1. The molecule has 0 amide bonds. The average Bonchev–Trinajstić information content (AvgIpc) is 2.46. The van der Waals surface area contributed by atoms with E-state index in [2.05, 4.69) is 0 Å². The van der Waals surface area contributed by atoms with E-state index in [9.17, 15) is 9.90 Å². The van der Waals surface area contributed by atoms with Gasteiger partial charge in [0.1, 0.15) is 17.4 Å². The number of phenols is 1. The number of phenolic OH excluding ortho intramolecular Hbond substituents is 1. The molecular weight excluding hydrogens is 252 g/mol. The molecule has 20 heavy (non-hydrogen) atoms. The fraction of sp³-hybridized carbons (Fsp3) is 0.118. The summed E-state index contributed by atoms with van der Waals surface area (Å²) < 4.78 is 5.33. The molecule has 0 unspecified atom stereocenters. The Labute approximate surface area is 117 Å². The largest absolute Gasteiger partial charge is 0.507 e. The van der Waals surface area contributed by atoms with Crippen LogP contribution in [0.4, 0.5) is 0 Å². The zero-order valence-electron chi connectivity index (χ0n) is 10.8. The van der Waals surface area contributed by atoms with Crippen molar-refractivity contribution in [2.45, 2.75) is 12.5 Å². The molecule has 1 N–H and O–H groups in total. The monoisotopic (exact) mass is 266 g/mol. The standard InChI is InChI=1S/C17H14O3/c18-15-8-4-7-13-11-14(20-17(19)16(13)15)10-9-12-5-2-1-3-6-12/h1-10,14,18H,11H2/b10-9+/t14-/m1/s1. The summed E-state index contributed by atoms with van der Waals surface area (Å²) in [5.41, 5.74) is 2.17. The molecule has 0 aromatic heterocycles. The minimum absolute atomic E-state index is 0.0158. The first-order valence-electron chi connectivity index (χ1n) is 6.49. The number of esters is 1. The summed E-state index contributed by atoms with van der Waals surface area (Å²) in [4.78, 5) is 11.9. The first-order valence-corrected chi connectivity index (χ1v) is 6.49. The van der Waals surface area contributed by atoms with Crippen LogP contribution in [0.5, 0.6) is 5.75 Å². The van der Waals surface area contributed by atoms with Gasteiger partial charge in [-0.25, -0.2) is 4.79 Å². The Morgan fingerprint density at radius 3 is 2.70 bits per heavy atom. The molecule has 0 spiro atoms. The van der Waals surface area contributed by atoms with Crippen LogP contribution >= 0.6 is 0 Å². The minimum atomic E-state index is -0.466. The van der Waals surface area contributed by atoms with E-state index in [1.54, 1.807) is 6.07 Å². The van der Waals surface area contributed by atoms with Crippen LogP contribution in [-0.2, 0) is 11.2 Å². The lowest BCUT2D eigenvalue weighted by molar-refractivity contribution is 0.0355. The van der Waals surface area contributed by atoms with Crippen LogP contribution in [-0.4, -0.2) is 17.2 Å². The molecule has 100 valence electrons. The number of hydrogen-bond acceptors (Lipinski definition) is 3. The van der Waals surface area contributed by atoms with Crippen molar-refractivity contribution in [3.8, 4) is 5.75 Å². The summed E-state index contributed by atoms with van der Waals surface area (Å²) >= 11 is 0. The van der Waals surface area contributed by atoms with Crippen LogP contribution in [0.15, 0.2) is 54.6 Å². The predicted octanol–water partition coefficient (Wildman–Crippen LogP) is 3.19. The highest BCUT2D eigenvalue weighted by atomic mass is 16.5. The summed E-state index contributed by atoms with van der Waals surface area (Å²) in [6.07, 6.45) is 4.10. The number of ether oxygens (including phenoxy) is 1. The number of fused-ring (bicyclic) bond motifs is 1. The lowest BCUT2D eigenvalue weighted by Crippen LogP contribution is -2.26. The lowest BCUT2D eigenvalue weighted by Gasteiger charge is -2.22. The maximum atomic E-state index is 11.9. The van der Waals surface area contributed by atoms with Crippen molar-refractivity contribution in [2.24, 2.45) is 0 Å². The highest BCUT2D eigenvalue weighted by Crippen LogP contribution is 2.28. The van der Waals surface area contributed by atoms with Gasteiger partial charge in [-0.3, -0.25) is 0 Å². The first kappa shape index (κ1) is 12.5. The smallest absolute Gasteiger partial charge is 0.342 e. The third-order valence-corrected chi connectivity index (χ3v) is 3.32. The molecule has 1 aliphatic heterocycles. The molecule has 0 saturated heterocycles. The van der Waals surface area contributed by atoms with Crippen LogP contribution < -0.4 is 0 Å². The number of cyclic esters (lactones) is 1. The molecule has 0 radical (unpaired) electrons. The van der Waals surface area contributed by atoms with E-state index in [1.165, 1.54) is 6.07 Å². The van der Waals surface area contributed by atoms with Crippen molar-refractivity contribution < 1.29 is 14.6 Å². The second-order valence-corrected chi connectivity index (χ2v) is 4.73. The Bertz CT molecular complexity index is 659. The zero-order valence-corrected chi connectivity index (χ0v) is 10.8. The Hall–Kier alpha value is -2.55. The summed E-state index contributed by atoms with van der Waals surface area (Å²) in [5, 5.41) is 9.70. The van der Waals surface area contributed by atoms with E-state index in [0.717, 1.165) is 11.1 Å². The third kappa shape index (κ3) is 2.43. The van der Waals surface area contributed by atoms with Crippen LogP contribution in [0.25, 0.3) is 6.08 Å². The summed E-state index contributed by atoms with van der Waals surface area (Å²) in [7, 11) is 0. The fourth-order valence-electron chi connectivity index (χ4n) is 2.34. The van der Waals surface area contributed by atoms with Crippen molar-refractivity contribution in [3.05, 3.63) is 71.3 Å². The molecule has 0 fully saturated rings. The van der Waals surface area contributed by atoms with Gasteiger partial charge in [0.15, 0.2) is 0 Å². The highest BCUT2D eigenvalue weighted by molar-refractivity contribution is 5.95. The van der Waals surface area contributed by atoms with Crippen LogP contribution in [0, 0.1) is 0 Å². The summed E-state index contributed by atoms with van der Waals surface area (Å²) in [5.74, 6) is -0.481. The van der Waals surface area contributed by atoms with Gasteiger partial charge in [-0.15, -0.1) is 0 Å². The molecule has 2 aromatic carbocycles. The molecule has 1 aliphatic rings. The number of aromatic hydroxyl groups is 1. The summed E-state index contributed by atoms with van der Waals surface area (Å²) in [6, 6.07) is 14.9. The molecule has 0 aliphatic carbocycles. The van der Waals surface area contributed by atoms with Gasteiger partial charge in [-0.2, -0.15) is 0 Å². The Morgan fingerprint density at radius 2 is 1.90 bits per heavy atom. The van der Waals surface area contributed by atoms with E-state index in [0.29, 0.717) is 6.42 Å². The van der Waals surface area contributed by atoms with E-state index < -0.39 is 5.97 Å². The number of carbonyl (C=O) groups is 1. The average molecular weight is 266 g/mol. The predicted molar refractivity (Wildman–Crippen MR) is 76.5 cm³/mol. The second kappa shape index (κ2) is 5.21. The minimum Gasteiger partial charge on any atom is -0.507 e. The number of hydrogen-bond donors (Lipinski definition) is 1. The van der Waals surface area contributed by atoms with Gasteiger partial charge < -0.3 is 9.84 Å². The fourth-order valence-corrected chi connectivity index (χ4v) is 2.34. The SMILES string of the molecule is O=C1O[C@H](/C=C/c2ccccc2)Cc2cccc(O)c21. The molecule has 2 aromatic rings. The molecule has 0 bridgehead atoms.